The number of hydrogen-bond acceptors (Lipinski definition) is 5. The maximum atomic E-state index is 11.5. The number of nitrogens with one attached hydrogen (secondary N) is 1. The lowest BCUT2D eigenvalue weighted by Crippen LogP contribution is -2.53. The summed E-state index contributed by atoms with van der Waals surface area (Å²) in [6.45, 7) is 7.82. The Morgan fingerprint density at radius 3 is 2.33 bits per heavy atom. The summed E-state index contributed by atoms with van der Waals surface area (Å²) in [5.74, 6) is 1.50. The molecule has 0 aromatic heterocycles. The molecule has 0 bridgehead atoms. The standard InChI is InChI=1S/C21H33N5O2S.HI/c1-22-21(23-9-11-25-16-18-29(27,28)19-17-25)26-14-12-24(13-15-26)10-5-8-20-6-3-2-4-7-20;/h2-8H,9-19H2,1H3,(H,22,23);1H/b8-5+;. The van der Waals surface area contributed by atoms with E-state index in [4.69, 9.17) is 0 Å². The van der Waals surface area contributed by atoms with Gasteiger partial charge in [-0.1, -0.05) is 42.5 Å². The molecule has 1 N–H and O–H groups in total. The van der Waals surface area contributed by atoms with Gasteiger partial charge in [0.15, 0.2) is 15.8 Å². The molecule has 0 unspecified atom stereocenters. The van der Waals surface area contributed by atoms with Gasteiger partial charge >= 0.3 is 0 Å². The number of guanidine groups is 1. The zero-order valence-corrected chi connectivity index (χ0v) is 20.9. The molecule has 0 atom stereocenters. The Bertz CT molecular complexity index is 779. The number of sulfone groups is 1. The molecule has 1 aromatic carbocycles. The molecule has 1 aromatic rings. The first kappa shape index (κ1) is 25.1. The number of hydrogen-bond donors (Lipinski definition) is 1. The maximum absolute atomic E-state index is 11.5. The van der Waals surface area contributed by atoms with Crippen LogP contribution in [-0.4, -0.2) is 107 Å². The van der Waals surface area contributed by atoms with Gasteiger partial charge in [-0.3, -0.25) is 14.8 Å². The normalized spacial score (nSPS) is 20.8. The van der Waals surface area contributed by atoms with Crippen LogP contribution in [0.4, 0.5) is 0 Å². The minimum absolute atomic E-state index is 0. The van der Waals surface area contributed by atoms with E-state index in [0.717, 1.165) is 51.8 Å². The summed E-state index contributed by atoms with van der Waals surface area (Å²) in [5.41, 5.74) is 1.24. The van der Waals surface area contributed by atoms with E-state index < -0.39 is 9.84 Å². The SMILES string of the molecule is CN=C(NCCN1CCS(=O)(=O)CC1)N1CCN(C/C=C/c2ccccc2)CC1.I. The van der Waals surface area contributed by atoms with Crippen LogP contribution >= 0.6 is 24.0 Å². The molecular weight excluding hydrogens is 513 g/mol. The summed E-state index contributed by atoms with van der Waals surface area (Å²) in [5, 5.41) is 3.44. The van der Waals surface area contributed by atoms with Gasteiger partial charge in [0.05, 0.1) is 11.5 Å². The highest BCUT2D eigenvalue weighted by Crippen LogP contribution is 2.06. The largest absolute Gasteiger partial charge is 0.355 e. The second-order valence-corrected chi connectivity index (χ2v) is 9.87. The van der Waals surface area contributed by atoms with Crippen molar-refractivity contribution in [3.63, 3.8) is 0 Å². The van der Waals surface area contributed by atoms with Gasteiger partial charge in [0.1, 0.15) is 0 Å². The van der Waals surface area contributed by atoms with Gasteiger partial charge in [-0.2, -0.15) is 0 Å². The highest BCUT2D eigenvalue weighted by molar-refractivity contribution is 14.0. The number of nitrogens with zero attached hydrogens (tertiary/aromatic N) is 4. The first-order chi connectivity index (χ1) is 14.1. The summed E-state index contributed by atoms with van der Waals surface area (Å²) < 4.78 is 23.0. The van der Waals surface area contributed by atoms with Gasteiger partial charge in [-0.15, -0.1) is 24.0 Å². The smallest absolute Gasteiger partial charge is 0.193 e. The van der Waals surface area contributed by atoms with Crippen LogP contribution in [0.3, 0.4) is 0 Å². The van der Waals surface area contributed by atoms with Crippen LogP contribution in [0.5, 0.6) is 0 Å². The van der Waals surface area contributed by atoms with E-state index in [-0.39, 0.29) is 35.5 Å². The molecule has 168 valence electrons. The third-order valence-corrected chi connectivity index (χ3v) is 7.11. The molecule has 2 heterocycles. The molecule has 0 radical (unpaired) electrons. The van der Waals surface area contributed by atoms with Crippen molar-refractivity contribution in [1.29, 1.82) is 0 Å². The summed E-state index contributed by atoms with van der Waals surface area (Å²) in [6.07, 6.45) is 4.41. The van der Waals surface area contributed by atoms with Gasteiger partial charge in [0, 0.05) is 66.0 Å². The number of aliphatic imine (C=N–C) groups is 1. The lowest BCUT2D eigenvalue weighted by atomic mass is 10.2. The van der Waals surface area contributed by atoms with E-state index in [1.807, 2.05) is 13.1 Å². The third-order valence-electron chi connectivity index (χ3n) is 5.51. The minimum atomic E-state index is -2.81. The van der Waals surface area contributed by atoms with Crippen LogP contribution in [0, 0.1) is 0 Å². The molecule has 0 aliphatic carbocycles. The van der Waals surface area contributed by atoms with Crippen molar-refractivity contribution in [2.24, 2.45) is 4.99 Å². The van der Waals surface area contributed by atoms with Crippen molar-refractivity contribution in [3.05, 3.63) is 42.0 Å². The number of halogens is 1. The highest BCUT2D eigenvalue weighted by Gasteiger charge is 2.22. The zero-order chi connectivity index (χ0) is 20.5. The van der Waals surface area contributed by atoms with E-state index in [2.05, 4.69) is 61.4 Å². The predicted octanol–water partition coefficient (Wildman–Crippen LogP) is 1.24. The quantitative estimate of drug-likeness (QED) is 0.329. The van der Waals surface area contributed by atoms with Crippen LogP contribution in [0.2, 0.25) is 0 Å². The molecule has 2 aliphatic heterocycles. The summed E-state index contributed by atoms with van der Waals surface area (Å²) >= 11 is 0. The second kappa shape index (κ2) is 12.6. The van der Waals surface area contributed by atoms with E-state index in [1.54, 1.807) is 0 Å². The van der Waals surface area contributed by atoms with Gasteiger partial charge in [0.2, 0.25) is 0 Å². The Hall–Kier alpha value is -1.17. The fourth-order valence-electron chi connectivity index (χ4n) is 3.68. The van der Waals surface area contributed by atoms with Crippen LogP contribution < -0.4 is 5.32 Å². The molecule has 9 heteroatoms. The number of rotatable bonds is 6. The van der Waals surface area contributed by atoms with E-state index >= 15 is 0 Å². The average molecular weight is 548 g/mol. The summed E-state index contributed by atoms with van der Waals surface area (Å²) in [4.78, 5) is 11.4. The lowest BCUT2D eigenvalue weighted by Gasteiger charge is -2.36. The molecular formula is C21H34IN5O2S. The maximum Gasteiger partial charge on any atom is 0.193 e. The Morgan fingerprint density at radius 1 is 1.03 bits per heavy atom. The van der Waals surface area contributed by atoms with E-state index in [0.29, 0.717) is 13.1 Å². The van der Waals surface area contributed by atoms with Gasteiger partial charge in [0.25, 0.3) is 0 Å². The fourth-order valence-corrected chi connectivity index (χ4v) is 4.95. The summed E-state index contributed by atoms with van der Waals surface area (Å²) in [6, 6.07) is 10.4. The van der Waals surface area contributed by atoms with Gasteiger partial charge in [-0.25, -0.2) is 8.42 Å². The monoisotopic (exact) mass is 547 g/mol. The molecule has 7 nitrogen and oxygen atoms in total. The minimum Gasteiger partial charge on any atom is -0.355 e. The molecule has 3 rings (SSSR count). The molecule has 2 fully saturated rings. The van der Waals surface area contributed by atoms with Crippen molar-refractivity contribution in [2.45, 2.75) is 0 Å². The van der Waals surface area contributed by atoms with Crippen LogP contribution in [0.25, 0.3) is 6.08 Å². The first-order valence-electron chi connectivity index (χ1n) is 10.4. The highest BCUT2D eigenvalue weighted by atomic mass is 127. The molecule has 0 spiro atoms. The second-order valence-electron chi connectivity index (χ2n) is 7.57. The van der Waals surface area contributed by atoms with Crippen LogP contribution in [-0.2, 0) is 9.84 Å². The van der Waals surface area contributed by atoms with Gasteiger partial charge in [-0.05, 0) is 5.56 Å². The molecule has 2 aliphatic rings. The molecule has 0 saturated carbocycles. The molecule has 30 heavy (non-hydrogen) atoms. The van der Waals surface area contributed by atoms with Crippen molar-refractivity contribution in [3.8, 4) is 0 Å². The van der Waals surface area contributed by atoms with Crippen molar-refractivity contribution in [2.75, 3.05) is 77.5 Å². The third kappa shape index (κ3) is 8.16. The molecule has 0 amide bonds. The number of benzene rings is 1. The van der Waals surface area contributed by atoms with Crippen LogP contribution in [0.1, 0.15) is 5.56 Å². The lowest BCUT2D eigenvalue weighted by molar-refractivity contribution is 0.194. The van der Waals surface area contributed by atoms with E-state index in [9.17, 15) is 8.42 Å². The van der Waals surface area contributed by atoms with Crippen molar-refractivity contribution in [1.82, 2.24) is 20.0 Å². The van der Waals surface area contributed by atoms with Gasteiger partial charge < -0.3 is 10.2 Å². The van der Waals surface area contributed by atoms with Crippen LogP contribution in [0.15, 0.2) is 41.4 Å². The Balaban J connectivity index is 0.00000320. The summed E-state index contributed by atoms with van der Waals surface area (Å²) in [7, 11) is -0.986. The van der Waals surface area contributed by atoms with Crippen molar-refractivity contribution < 1.29 is 8.42 Å². The molecule has 2 saturated heterocycles. The fraction of sp³-hybridized carbons (Fsp3) is 0.571. The Morgan fingerprint density at radius 2 is 1.70 bits per heavy atom. The predicted molar refractivity (Wildman–Crippen MR) is 135 cm³/mol. The Kier molecular flexibility index (Phi) is 10.6. The van der Waals surface area contributed by atoms with E-state index in [1.165, 1.54) is 5.56 Å². The first-order valence-corrected chi connectivity index (χ1v) is 12.2. The number of piperazine rings is 1. The average Bonchev–Trinajstić information content (AvgIpc) is 2.74. The zero-order valence-electron chi connectivity index (χ0n) is 17.7. The Labute approximate surface area is 198 Å². The topological polar surface area (TPSA) is 68.2 Å². The van der Waals surface area contributed by atoms with Crippen molar-refractivity contribution >= 4 is 45.8 Å².